The predicted molar refractivity (Wildman–Crippen MR) is 192 cm³/mol. The third-order valence-corrected chi connectivity index (χ3v) is 10.8. The fraction of sp³-hybridized carbons (Fsp3) is 0.382. The molecule has 3 N–H and O–H groups in total. The van der Waals surface area contributed by atoms with Crippen molar-refractivity contribution in [2.45, 2.75) is 32.0 Å². The number of methoxy groups -OCH3 is 2. The number of sulfonamides is 1. The van der Waals surface area contributed by atoms with E-state index in [-0.39, 0.29) is 17.9 Å². The fourth-order valence-corrected chi connectivity index (χ4v) is 7.62. The van der Waals surface area contributed by atoms with Gasteiger partial charge < -0.3 is 25.4 Å². The number of carbonyl (C=O) groups excluding carboxylic acids is 1. The lowest BCUT2D eigenvalue weighted by Gasteiger charge is -2.37. The van der Waals surface area contributed by atoms with Gasteiger partial charge in [-0.15, -0.1) is 0 Å². The summed E-state index contributed by atoms with van der Waals surface area (Å²) in [4.78, 5) is 30.1. The summed E-state index contributed by atoms with van der Waals surface area (Å²) in [5.74, 6) is 1.05. The largest absolute Gasteiger partial charge is 0.480 e. The Bertz CT molecular complexity index is 1990. The molecule has 0 aliphatic carbocycles. The summed E-state index contributed by atoms with van der Waals surface area (Å²) in [5, 5.41) is 10.5. The maximum absolute atomic E-state index is 11.6. The van der Waals surface area contributed by atoms with E-state index in [1.54, 1.807) is 19.5 Å². The first kappa shape index (κ1) is 35.9. The second-order valence-corrected chi connectivity index (χ2v) is 15.0. The molecule has 2 aliphatic rings. The lowest BCUT2D eigenvalue weighted by Crippen LogP contribution is -2.52. The first-order chi connectivity index (χ1) is 24.0. The van der Waals surface area contributed by atoms with E-state index >= 15 is 0 Å². The summed E-state index contributed by atoms with van der Waals surface area (Å²) in [7, 11) is -0.0632. The van der Waals surface area contributed by atoms with Crippen LogP contribution >= 0.6 is 23.2 Å². The molecule has 50 heavy (non-hydrogen) atoms. The molecule has 264 valence electrons. The summed E-state index contributed by atoms with van der Waals surface area (Å²) in [6, 6.07) is 11.4. The molecule has 2 saturated heterocycles. The van der Waals surface area contributed by atoms with Crippen LogP contribution in [0.25, 0.3) is 33.6 Å². The van der Waals surface area contributed by atoms with Gasteiger partial charge >= 0.3 is 0 Å². The number of nitrogens with one attached hydrogen (secondary N) is 3. The Morgan fingerprint density at radius 2 is 1.34 bits per heavy atom. The molecule has 0 radical (unpaired) electrons. The maximum atomic E-state index is 11.6. The quantitative estimate of drug-likeness (QED) is 0.172. The van der Waals surface area contributed by atoms with Crippen molar-refractivity contribution >= 4 is 39.1 Å². The van der Waals surface area contributed by atoms with Crippen LogP contribution < -0.4 is 25.4 Å². The molecule has 2 aliphatic heterocycles. The average molecular weight is 742 g/mol. The molecule has 13 nitrogen and oxygen atoms in total. The summed E-state index contributed by atoms with van der Waals surface area (Å²) >= 11 is 14.1. The number of aromatic nitrogens is 4. The lowest BCUT2D eigenvalue weighted by atomic mass is 9.98. The molecule has 4 heterocycles. The van der Waals surface area contributed by atoms with Gasteiger partial charge in [-0.3, -0.25) is 14.8 Å². The van der Waals surface area contributed by atoms with Crippen LogP contribution in [0, 0.1) is 5.92 Å². The lowest BCUT2D eigenvalue weighted by molar-refractivity contribution is -0.119. The van der Waals surface area contributed by atoms with E-state index in [9.17, 15) is 13.2 Å². The van der Waals surface area contributed by atoms with Gasteiger partial charge in [-0.2, -0.15) is 0 Å². The molecule has 2 aromatic heterocycles. The Morgan fingerprint density at radius 1 is 0.840 bits per heavy atom. The van der Waals surface area contributed by atoms with Crippen LogP contribution in [0.2, 0.25) is 10.0 Å². The molecular weight excluding hydrogens is 703 g/mol. The standard InChI is InChI=1S/C34H38Cl2N8O5S/c1-48-33-28(14-37-12-20-18-44(19-20)50(3,46)47)39-16-26(42-33)24-8-4-6-22(31(24)35)23-7-5-9-25(32(23)36)27-17-40-29(34(43-27)49-2)15-38-13-21-10-11-30(45)41-21/h4-9,16-17,20-21,37-38H,10-15,18-19H2,1-3H3,(H,41,45)/t21-/m0/s1. The van der Waals surface area contributed by atoms with Crippen LogP contribution in [-0.2, 0) is 27.9 Å². The van der Waals surface area contributed by atoms with Crippen LogP contribution in [-0.4, -0.2) is 91.3 Å². The van der Waals surface area contributed by atoms with Crippen LogP contribution in [0.3, 0.4) is 0 Å². The molecule has 0 unspecified atom stereocenters. The number of carbonyl (C=O) groups is 1. The number of amides is 1. The van der Waals surface area contributed by atoms with Gasteiger partial charge in [0, 0.05) is 74.0 Å². The van der Waals surface area contributed by atoms with Gasteiger partial charge in [-0.1, -0.05) is 59.6 Å². The molecule has 0 saturated carbocycles. The minimum Gasteiger partial charge on any atom is -0.480 e. The van der Waals surface area contributed by atoms with E-state index in [0.29, 0.717) is 113 Å². The molecule has 1 atom stereocenters. The summed E-state index contributed by atoms with van der Waals surface area (Å²) in [6.07, 6.45) is 5.89. The van der Waals surface area contributed by atoms with E-state index in [2.05, 4.69) is 25.9 Å². The zero-order valence-electron chi connectivity index (χ0n) is 27.9. The minimum atomic E-state index is -3.15. The first-order valence-corrected chi connectivity index (χ1v) is 18.7. The summed E-state index contributed by atoms with van der Waals surface area (Å²) in [5.41, 5.74) is 5.05. The Hall–Kier alpha value is -3.92. The Balaban J connectivity index is 1.17. The minimum absolute atomic E-state index is 0.0750. The molecule has 6 rings (SSSR count). The summed E-state index contributed by atoms with van der Waals surface area (Å²) < 4.78 is 35.9. The Morgan fingerprint density at radius 3 is 1.80 bits per heavy atom. The maximum Gasteiger partial charge on any atom is 0.237 e. The van der Waals surface area contributed by atoms with Crippen molar-refractivity contribution in [2.24, 2.45) is 5.92 Å². The average Bonchev–Trinajstić information content (AvgIpc) is 3.50. The van der Waals surface area contributed by atoms with Crippen LogP contribution in [0.5, 0.6) is 11.8 Å². The van der Waals surface area contributed by atoms with Crippen molar-refractivity contribution in [3.8, 4) is 45.4 Å². The molecule has 4 aromatic rings. The fourth-order valence-electron chi connectivity index (χ4n) is 6.01. The van der Waals surface area contributed by atoms with Gasteiger partial charge in [0.25, 0.3) is 0 Å². The number of ether oxygens (including phenoxy) is 2. The van der Waals surface area contributed by atoms with Crippen LogP contribution in [0.4, 0.5) is 0 Å². The molecule has 2 aromatic carbocycles. The Labute approximate surface area is 301 Å². The molecule has 16 heteroatoms. The van der Waals surface area contributed by atoms with E-state index < -0.39 is 10.0 Å². The smallest absolute Gasteiger partial charge is 0.237 e. The monoisotopic (exact) mass is 740 g/mol. The highest BCUT2D eigenvalue weighted by atomic mass is 35.5. The first-order valence-electron chi connectivity index (χ1n) is 16.1. The highest BCUT2D eigenvalue weighted by molar-refractivity contribution is 7.88. The van der Waals surface area contributed by atoms with Gasteiger partial charge in [0.15, 0.2) is 0 Å². The van der Waals surface area contributed by atoms with Gasteiger partial charge in [0.05, 0.1) is 54.3 Å². The van der Waals surface area contributed by atoms with Crippen molar-refractivity contribution in [2.75, 3.05) is 46.7 Å². The van der Waals surface area contributed by atoms with Gasteiger partial charge in [-0.05, 0) is 12.3 Å². The molecular formula is C34H38Cl2N8O5S. The molecule has 0 spiro atoms. The van der Waals surface area contributed by atoms with Crippen molar-refractivity contribution in [3.05, 3.63) is 70.2 Å². The molecule has 1 amide bonds. The van der Waals surface area contributed by atoms with Gasteiger partial charge in [-0.25, -0.2) is 22.7 Å². The number of hydrogen-bond donors (Lipinski definition) is 3. The van der Waals surface area contributed by atoms with Crippen molar-refractivity contribution in [1.29, 1.82) is 0 Å². The predicted octanol–water partition coefficient (Wildman–Crippen LogP) is 3.94. The van der Waals surface area contributed by atoms with E-state index in [4.69, 9.17) is 42.6 Å². The number of hydrogen-bond acceptors (Lipinski definition) is 11. The zero-order valence-corrected chi connectivity index (χ0v) is 30.2. The second kappa shape index (κ2) is 15.5. The van der Waals surface area contributed by atoms with Gasteiger partial charge in [0.2, 0.25) is 27.7 Å². The van der Waals surface area contributed by atoms with E-state index in [1.807, 2.05) is 36.4 Å². The van der Waals surface area contributed by atoms with Gasteiger partial charge in [0.1, 0.15) is 11.4 Å². The third kappa shape index (κ3) is 8.01. The summed E-state index contributed by atoms with van der Waals surface area (Å²) in [6.45, 7) is 3.12. The van der Waals surface area contributed by atoms with Crippen LogP contribution in [0.1, 0.15) is 24.2 Å². The number of halogens is 2. The third-order valence-electron chi connectivity index (χ3n) is 8.74. The highest BCUT2D eigenvalue weighted by Crippen LogP contribution is 2.42. The van der Waals surface area contributed by atoms with Crippen LogP contribution in [0.15, 0.2) is 48.8 Å². The zero-order chi connectivity index (χ0) is 35.4. The topological polar surface area (TPSA) is 161 Å². The second-order valence-electron chi connectivity index (χ2n) is 12.3. The van der Waals surface area contributed by atoms with E-state index in [0.717, 1.165) is 6.42 Å². The van der Waals surface area contributed by atoms with Crippen molar-refractivity contribution < 1.29 is 22.7 Å². The van der Waals surface area contributed by atoms with E-state index in [1.165, 1.54) is 17.7 Å². The van der Waals surface area contributed by atoms with Crippen molar-refractivity contribution in [1.82, 2.24) is 40.2 Å². The molecule has 0 bridgehead atoms. The number of nitrogens with zero attached hydrogens (tertiary/aromatic N) is 5. The number of rotatable bonds is 14. The number of benzene rings is 2. The highest BCUT2D eigenvalue weighted by Gasteiger charge is 2.32. The van der Waals surface area contributed by atoms with Crippen molar-refractivity contribution in [3.63, 3.8) is 0 Å². The Kier molecular flexibility index (Phi) is 11.2. The molecule has 2 fully saturated rings. The SMILES string of the molecule is COc1nc(-c2cccc(-c3cccc(-c4cnc(CNC[C@@H]5CCC(=O)N5)c(OC)n4)c3Cl)c2Cl)cnc1CNCC1CN(S(C)(=O)=O)C1. The normalized spacial score (nSPS) is 16.7.